The average Bonchev–Trinajstić information content (AvgIpc) is 2.62. The normalized spacial score (nSPS) is 13.2. The largest absolute Gasteiger partial charge is 0.383 e. The predicted octanol–water partition coefficient (Wildman–Crippen LogP) is -0.120. The Morgan fingerprint density at radius 3 is 3.06 bits per heavy atom. The number of ether oxygens (including phenoxy) is 1. The zero-order valence-corrected chi connectivity index (χ0v) is 9.42. The number of nitrogens with two attached hydrogens (primary N) is 1. The van der Waals surface area contributed by atoms with Gasteiger partial charge in [0.1, 0.15) is 6.33 Å². The molecule has 2 heterocycles. The predicted molar refractivity (Wildman–Crippen MR) is 59.9 cm³/mol. The summed E-state index contributed by atoms with van der Waals surface area (Å²) in [6.07, 6.45) is 3.97. The van der Waals surface area contributed by atoms with Crippen LogP contribution in [0.5, 0.6) is 0 Å². The second-order valence-electron chi connectivity index (χ2n) is 3.75. The van der Waals surface area contributed by atoms with Crippen molar-refractivity contribution in [3.8, 4) is 0 Å². The minimum atomic E-state index is -0.0525. The molecule has 86 valence electrons. The van der Waals surface area contributed by atoms with Gasteiger partial charge in [-0.3, -0.25) is 4.68 Å². The number of aromatic nitrogens is 4. The lowest BCUT2D eigenvalue weighted by Crippen LogP contribution is -2.28. The highest BCUT2D eigenvalue weighted by molar-refractivity contribution is 5.76. The van der Waals surface area contributed by atoms with E-state index < -0.39 is 0 Å². The number of rotatable bonds is 4. The molecule has 0 aliphatic heterocycles. The molecule has 2 aromatic rings. The fraction of sp³-hybridized carbons (Fsp3) is 0.500. The van der Waals surface area contributed by atoms with Crippen molar-refractivity contribution in [2.24, 2.45) is 12.8 Å². The lowest BCUT2D eigenvalue weighted by Gasteiger charge is -2.09. The third kappa shape index (κ3) is 2.02. The molecule has 0 bridgehead atoms. The van der Waals surface area contributed by atoms with Gasteiger partial charge in [0.05, 0.1) is 23.9 Å². The third-order valence-corrected chi connectivity index (χ3v) is 2.45. The van der Waals surface area contributed by atoms with Crippen molar-refractivity contribution in [3.05, 3.63) is 18.2 Å². The van der Waals surface area contributed by atoms with Crippen molar-refractivity contribution in [1.82, 2.24) is 19.7 Å². The number of aryl methyl sites for hydroxylation is 1. The van der Waals surface area contributed by atoms with Crippen LogP contribution in [0.3, 0.4) is 0 Å². The molecule has 0 amide bonds. The molecule has 0 fully saturated rings. The summed E-state index contributed by atoms with van der Waals surface area (Å²) in [5.74, 6) is 0. The van der Waals surface area contributed by atoms with Gasteiger partial charge in [0.15, 0.2) is 5.65 Å². The van der Waals surface area contributed by atoms with Gasteiger partial charge in [0, 0.05) is 26.6 Å². The Kier molecular flexibility index (Phi) is 3.12. The molecule has 1 unspecified atom stereocenters. The maximum atomic E-state index is 5.90. The van der Waals surface area contributed by atoms with Gasteiger partial charge < -0.3 is 10.5 Å². The number of hydrogen-bond donors (Lipinski definition) is 1. The van der Waals surface area contributed by atoms with Crippen molar-refractivity contribution < 1.29 is 4.74 Å². The first-order valence-corrected chi connectivity index (χ1v) is 5.08. The Hall–Kier alpha value is -1.53. The van der Waals surface area contributed by atoms with E-state index in [4.69, 9.17) is 10.5 Å². The van der Waals surface area contributed by atoms with E-state index in [0.717, 1.165) is 16.7 Å². The van der Waals surface area contributed by atoms with E-state index >= 15 is 0 Å². The molecule has 1 atom stereocenters. The van der Waals surface area contributed by atoms with Crippen LogP contribution in [0.25, 0.3) is 11.0 Å². The van der Waals surface area contributed by atoms with Crippen LogP contribution in [0.2, 0.25) is 0 Å². The Bertz CT molecular complexity index is 481. The van der Waals surface area contributed by atoms with Crippen LogP contribution in [0, 0.1) is 0 Å². The summed E-state index contributed by atoms with van der Waals surface area (Å²) in [6.45, 7) is 0.520. The minimum Gasteiger partial charge on any atom is -0.383 e. The molecule has 6 nitrogen and oxygen atoms in total. The molecule has 0 saturated heterocycles. The molecule has 16 heavy (non-hydrogen) atoms. The minimum absolute atomic E-state index is 0.0525. The highest BCUT2D eigenvalue weighted by Crippen LogP contribution is 2.14. The Labute approximate surface area is 93.4 Å². The van der Waals surface area contributed by atoms with E-state index in [-0.39, 0.29) is 6.04 Å². The van der Waals surface area contributed by atoms with E-state index in [1.807, 2.05) is 7.05 Å². The second-order valence-corrected chi connectivity index (χ2v) is 3.75. The summed E-state index contributed by atoms with van der Waals surface area (Å²) in [4.78, 5) is 8.41. The maximum Gasteiger partial charge on any atom is 0.161 e. The van der Waals surface area contributed by atoms with Gasteiger partial charge >= 0.3 is 0 Å². The first kappa shape index (κ1) is 11.0. The molecule has 0 aromatic carbocycles. The van der Waals surface area contributed by atoms with Crippen LogP contribution in [0.4, 0.5) is 0 Å². The molecule has 0 radical (unpaired) electrons. The van der Waals surface area contributed by atoms with Crippen LogP contribution in [-0.4, -0.2) is 39.5 Å². The van der Waals surface area contributed by atoms with Crippen molar-refractivity contribution in [2.75, 3.05) is 13.7 Å². The summed E-state index contributed by atoms with van der Waals surface area (Å²) >= 11 is 0. The topological polar surface area (TPSA) is 78.8 Å². The van der Waals surface area contributed by atoms with Crippen molar-refractivity contribution in [1.29, 1.82) is 0 Å². The summed E-state index contributed by atoms with van der Waals surface area (Å²) < 4.78 is 6.73. The van der Waals surface area contributed by atoms with Gasteiger partial charge in [-0.2, -0.15) is 5.10 Å². The van der Waals surface area contributed by atoms with Crippen LogP contribution in [0.15, 0.2) is 12.5 Å². The molecule has 0 aliphatic carbocycles. The standard InChI is InChI=1S/C10H15N5O/c1-15-10-8(4-14-15)9(12-6-13-10)3-7(11)5-16-2/h4,6-7H,3,5,11H2,1-2H3. The van der Waals surface area contributed by atoms with E-state index in [2.05, 4.69) is 15.1 Å². The molecule has 2 N–H and O–H groups in total. The summed E-state index contributed by atoms with van der Waals surface area (Å²) in [6, 6.07) is -0.0525. The molecule has 0 aliphatic rings. The zero-order valence-electron chi connectivity index (χ0n) is 9.42. The molecule has 2 aromatic heterocycles. The van der Waals surface area contributed by atoms with E-state index in [0.29, 0.717) is 13.0 Å². The van der Waals surface area contributed by atoms with Gasteiger partial charge in [0.25, 0.3) is 0 Å². The fourth-order valence-corrected chi connectivity index (χ4v) is 1.69. The second kappa shape index (κ2) is 4.54. The molecule has 6 heteroatoms. The highest BCUT2D eigenvalue weighted by atomic mass is 16.5. The Balaban J connectivity index is 2.30. The summed E-state index contributed by atoms with van der Waals surface area (Å²) in [5.41, 5.74) is 7.65. The van der Waals surface area contributed by atoms with Crippen molar-refractivity contribution in [2.45, 2.75) is 12.5 Å². The third-order valence-electron chi connectivity index (χ3n) is 2.45. The first-order valence-electron chi connectivity index (χ1n) is 5.08. The SMILES string of the molecule is COCC(N)Cc1ncnc2c1cnn2C. The lowest BCUT2D eigenvalue weighted by atomic mass is 10.1. The zero-order chi connectivity index (χ0) is 11.5. The number of methoxy groups -OCH3 is 1. The Morgan fingerprint density at radius 1 is 1.50 bits per heavy atom. The van der Waals surface area contributed by atoms with Gasteiger partial charge in [0.2, 0.25) is 0 Å². The monoisotopic (exact) mass is 221 g/mol. The van der Waals surface area contributed by atoms with Gasteiger partial charge in [-0.15, -0.1) is 0 Å². The number of nitrogens with zero attached hydrogens (tertiary/aromatic N) is 4. The lowest BCUT2D eigenvalue weighted by molar-refractivity contribution is 0.180. The number of hydrogen-bond acceptors (Lipinski definition) is 5. The summed E-state index contributed by atoms with van der Waals surface area (Å²) in [5, 5.41) is 5.11. The summed E-state index contributed by atoms with van der Waals surface area (Å²) in [7, 11) is 3.49. The molecule has 0 spiro atoms. The van der Waals surface area contributed by atoms with Gasteiger partial charge in [-0.1, -0.05) is 0 Å². The van der Waals surface area contributed by atoms with E-state index in [1.165, 1.54) is 0 Å². The van der Waals surface area contributed by atoms with E-state index in [9.17, 15) is 0 Å². The quantitative estimate of drug-likeness (QED) is 0.778. The maximum absolute atomic E-state index is 5.90. The van der Waals surface area contributed by atoms with Crippen molar-refractivity contribution in [3.63, 3.8) is 0 Å². The van der Waals surface area contributed by atoms with E-state index in [1.54, 1.807) is 24.3 Å². The molecular weight excluding hydrogens is 206 g/mol. The first-order chi connectivity index (χ1) is 7.72. The van der Waals surface area contributed by atoms with Crippen LogP contribution in [0.1, 0.15) is 5.69 Å². The van der Waals surface area contributed by atoms with Crippen molar-refractivity contribution >= 4 is 11.0 Å². The van der Waals surface area contributed by atoms with Crippen LogP contribution >= 0.6 is 0 Å². The smallest absolute Gasteiger partial charge is 0.161 e. The molecule has 2 rings (SSSR count). The molecule has 0 saturated carbocycles. The number of fused-ring (bicyclic) bond motifs is 1. The van der Waals surface area contributed by atoms with Gasteiger partial charge in [-0.05, 0) is 0 Å². The van der Waals surface area contributed by atoms with Gasteiger partial charge in [-0.25, -0.2) is 9.97 Å². The van der Waals surface area contributed by atoms with Crippen LogP contribution in [-0.2, 0) is 18.2 Å². The van der Waals surface area contributed by atoms with Crippen LogP contribution < -0.4 is 5.73 Å². The fourth-order valence-electron chi connectivity index (χ4n) is 1.69. The average molecular weight is 221 g/mol. The Morgan fingerprint density at radius 2 is 2.31 bits per heavy atom. The molecular formula is C10H15N5O. The highest BCUT2D eigenvalue weighted by Gasteiger charge is 2.11.